The van der Waals surface area contributed by atoms with Crippen molar-refractivity contribution in [1.82, 2.24) is 15.5 Å². The number of urea groups is 1. The highest BCUT2D eigenvalue weighted by atomic mass is 16.4. The summed E-state index contributed by atoms with van der Waals surface area (Å²) in [6, 6.07) is -0.377. The van der Waals surface area contributed by atoms with Crippen molar-refractivity contribution < 1.29 is 14.7 Å². The van der Waals surface area contributed by atoms with Crippen LogP contribution in [-0.4, -0.2) is 54.7 Å². The number of amides is 2. The second-order valence-corrected chi connectivity index (χ2v) is 5.77. The molecule has 2 rings (SSSR count). The molecule has 2 atom stereocenters. The monoisotopic (exact) mass is 281 g/mol. The van der Waals surface area contributed by atoms with Gasteiger partial charge in [0.25, 0.3) is 0 Å². The van der Waals surface area contributed by atoms with Crippen molar-refractivity contribution in [3.63, 3.8) is 0 Å². The Balaban J connectivity index is 1.64. The van der Waals surface area contributed by atoms with E-state index in [4.69, 9.17) is 5.11 Å². The number of carboxylic acid groups (broad SMARTS) is 1. The lowest BCUT2D eigenvalue weighted by Crippen LogP contribution is -2.44. The fraction of sp³-hybridized carbons (Fsp3) is 0.714. The van der Waals surface area contributed by atoms with Gasteiger partial charge in [-0.25, -0.2) is 4.79 Å². The van der Waals surface area contributed by atoms with Crippen LogP contribution < -0.4 is 10.6 Å². The Morgan fingerprint density at radius 3 is 2.60 bits per heavy atom. The van der Waals surface area contributed by atoms with Crippen molar-refractivity contribution in [3.8, 4) is 0 Å². The van der Waals surface area contributed by atoms with Crippen LogP contribution in [0.5, 0.6) is 0 Å². The maximum Gasteiger partial charge on any atom is 0.315 e. The Labute approximate surface area is 119 Å². The average Bonchev–Trinajstić information content (AvgIpc) is 2.87. The first-order chi connectivity index (χ1) is 9.54. The van der Waals surface area contributed by atoms with E-state index >= 15 is 0 Å². The van der Waals surface area contributed by atoms with Gasteiger partial charge in [-0.1, -0.05) is 12.2 Å². The Bertz CT molecular complexity index is 389. The summed E-state index contributed by atoms with van der Waals surface area (Å²) in [5.74, 6) is -0.769. The molecule has 0 aromatic heterocycles. The summed E-state index contributed by atoms with van der Waals surface area (Å²) in [7, 11) is 2.11. The van der Waals surface area contributed by atoms with E-state index in [-0.39, 0.29) is 12.1 Å². The highest BCUT2D eigenvalue weighted by molar-refractivity contribution is 5.76. The molecule has 20 heavy (non-hydrogen) atoms. The number of hydrogen-bond donors (Lipinski definition) is 3. The van der Waals surface area contributed by atoms with Crippen LogP contribution in [0, 0.1) is 11.8 Å². The SMILES string of the molecule is CN1CCC(CNC(=O)NC2C=CC(C(=O)O)C2)CC1. The molecule has 1 heterocycles. The number of nitrogens with zero attached hydrogens (tertiary/aromatic N) is 1. The van der Waals surface area contributed by atoms with Crippen molar-refractivity contribution >= 4 is 12.0 Å². The molecule has 1 fully saturated rings. The van der Waals surface area contributed by atoms with Gasteiger partial charge in [-0.05, 0) is 45.3 Å². The highest BCUT2D eigenvalue weighted by Gasteiger charge is 2.25. The molecule has 6 nitrogen and oxygen atoms in total. The van der Waals surface area contributed by atoms with Gasteiger partial charge in [0, 0.05) is 6.54 Å². The van der Waals surface area contributed by atoms with Gasteiger partial charge in [0.1, 0.15) is 0 Å². The fourth-order valence-corrected chi connectivity index (χ4v) is 2.71. The minimum absolute atomic E-state index is 0.173. The number of piperidine rings is 1. The van der Waals surface area contributed by atoms with Crippen LogP contribution in [0.1, 0.15) is 19.3 Å². The number of likely N-dealkylation sites (tertiary alicyclic amines) is 1. The molecule has 0 aromatic carbocycles. The van der Waals surface area contributed by atoms with E-state index in [0.29, 0.717) is 18.9 Å². The average molecular weight is 281 g/mol. The molecule has 1 aliphatic heterocycles. The van der Waals surface area contributed by atoms with Gasteiger partial charge >= 0.3 is 12.0 Å². The molecule has 3 N–H and O–H groups in total. The number of carboxylic acids is 1. The summed E-state index contributed by atoms with van der Waals surface area (Å²) in [6.07, 6.45) is 6.07. The third-order valence-electron chi connectivity index (χ3n) is 4.11. The zero-order chi connectivity index (χ0) is 14.5. The summed E-state index contributed by atoms with van der Waals surface area (Å²) in [5.41, 5.74) is 0. The lowest BCUT2D eigenvalue weighted by molar-refractivity contribution is -0.140. The second-order valence-electron chi connectivity index (χ2n) is 5.77. The third-order valence-corrected chi connectivity index (χ3v) is 4.11. The van der Waals surface area contributed by atoms with E-state index < -0.39 is 11.9 Å². The maximum atomic E-state index is 11.8. The molecule has 1 aliphatic carbocycles. The molecule has 2 aliphatic rings. The first-order valence-corrected chi connectivity index (χ1v) is 7.18. The van der Waals surface area contributed by atoms with Crippen LogP contribution in [0.25, 0.3) is 0 Å². The number of nitrogens with one attached hydrogen (secondary N) is 2. The van der Waals surface area contributed by atoms with E-state index in [1.807, 2.05) is 0 Å². The van der Waals surface area contributed by atoms with Crippen molar-refractivity contribution in [2.24, 2.45) is 11.8 Å². The molecule has 2 amide bonds. The summed E-state index contributed by atoms with van der Waals surface area (Å²) in [6.45, 7) is 2.86. The van der Waals surface area contributed by atoms with Crippen LogP contribution in [0.4, 0.5) is 4.79 Å². The standard InChI is InChI=1S/C14H23N3O3/c1-17-6-4-10(5-7-17)9-15-14(20)16-12-3-2-11(8-12)13(18)19/h2-3,10-12H,4-9H2,1H3,(H,18,19)(H2,15,16,20). The van der Waals surface area contributed by atoms with Crippen molar-refractivity contribution in [2.75, 3.05) is 26.7 Å². The van der Waals surface area contributed by atoms with Gasteiger partial charge in [-0.3, -0.25) is 4.79 Å². The number of hydrogen-bond acceptors (Lipinski definition) is 3. The zero-order valence-electron chi connectivity index (χ0n) is 11.8. The molecule has 0 spiro atoms. The molecule has 6 heteroatoms. The predicted molar refractivity (Wildman–Crippen MR) is 75.4 cm³/mol. The molecule has 2 unspecified atom stereocenters. The van der Waals surface area contributed by atoms with Crippen LogP contribution >= 0.6 is 0 Å². The molecular formula is C14H23N3O3. The Morgan fingerprint density at radius 1 is 1.30 bits per heavy atom. The molecule has 1 saturated heterocycles. The smallest absolute Gasteiger partial charge is 0.315 e. The van der Waals surface area contributed by atoms with E-state index in [9.17, 15) is 9.59 Å². The van der Waals surface area contributed by atoms with Gasteiger partial charge in [-0.15, -0.1) is 0 Å². The Kier molecular flexibility index (Phi) is 5.00. The Morgan fingerprint density at radius 2 is 2.00 bits per heavy atom. The lowest BCUT2D eigenvalue weighted by Gasteiger charge is -2.29. The fourth-order valence-electron chi connectivity index (χ4n) is 2.71. The predicted octanol–water partition coefficient (Wildman–Crippen LogP) is 0.657. The molecular weight excluding hydrogens is 258 g/mol. The van der Waals surface area contributed by atoms with Crippen molar-refractivity contribution in [1.29, 1.82) is 0 Å². The molecule has 0 radical (unpaired) electrons. The number of carbonyl (C=O) groups excluding carboxylic acids is 1. The van der Waals surface area contributed by atoms with Gasteiger partial charge in [0.2, 0.25) is 0 Å². The van der Waals surface area contributed by atoms with Gasteiger partial charge in [0.15, 0.2) is 0 Å². The molecule has 0 saturated carbocycles. The number of carbonyl (C=O) groups is 2. The van der Waals surface area contributed by atoms with Gasteiger partial charge < -0.3 is 20.6 Å². The van der Waals surface area contributed by atoms with E-state index in [0.717, 1.165) is 25.9 Å². The lowest BCUT2D eigenvalue weighted by atomic mass is 9.97. The normalized spacial score (nSPS) is 27.4. The van der Waals surface area contributed by atoms with E-state index in [2.05, 4.69) is 22.6 Å². The number of aliphatic carboxylic acids is 1. The molecule has 112 valence electrons. The summed E-state index contributed by atoms with van der Waals surface area (Å²) < 4.78 is 0. The minimum atomic E-state index is -0.836. The van der Waals surface area contributed by atoms with E-state index in [1.54, 1.807) is 12.2 Å². The van der Waals surface area contributed by atoms with Crippen LogP contribution in [0.2, 0.25) is 0 Å². The summed E-state index contributed by atoms with van der Waals surface area (Å²) in [5, 5.41) is 14.6. The largest absolute Gasteiger partial charge is 0.481 e. The van der Waals surface area contributed by atoms with Gasteiger partial charge in [0.05, 0.1) is 12.0 Å². The van der Waals surface area contributed by atoms with Crippen molar-refractivity contribution in [2.45, 2.75) is 25.3 Å². The van der Waals surface area contributed by atoms with Gasteiger partial charge in [-0.2, -0.15) is 0 Å². The Hall–Kier alpha value is -1.56. The third kappa shape index (κ3) is 4.23. The quantitative estimate of drug-likeness (QED) is 0.661. The number of rotatable bonds is 4. The second kappa shape index (κ2) is 6.74. The van der Waals surface area contributed by atoms with Crippen LogP contribution in [-0.2, 0) is 4.79 Å². The minimum Gasteiger partial charge on any atom is -0.481 e. The first-order valence-electron chi connectivity index (χ1n) is 7.18. The maximum absolute atomic E-state index is 11.8. The topological polar surface area (TPSA) is 81.7 Å². The summed E-state index contributed by atoms with van der Waals surface area (Å²) in [4.78, 5) is 24.9. The van der Waals surface area contributed by atoms with E-state index in [1.165, 1.54) is 0 Å². The van der Waals surface area contributed by atoms with Crippen molar-refractivity contribution in [3.05, 3.63) is 12.2 Å². The molecule has 0 aromatic rings. The summed E-state index contributed by atoms with van der Waals surface area (Å²) >= 11 is 0. The molecule has 0 bridgehead atoms. The van der Waals surface area contributed by atoms with Crippen LogP contribution in [0.3, 0.4) is 0 Å². The van der Waals surface area contributed by atoms with Crippen LogP contribution in [0.15, 0.2) is 12.2 Å². The zero-order valence-corrected chi connectivity index (χ0v) is 11.8. The first kappa shape index (κ1) is 14.8. The highest BCUT2D eigenvalue weighted by Crippen LogP contribution is 2.18.